The Bertz CT molecular complexity index is 401. The molecule has 0 radical (unpaired) electrons. The maximum atomic E-state index is 6.07. The fraction of sp³-hybridized carbons (Fsp3) is 0.500. The molecule has 0 fully saturated rings. The van der Waals surface area contributed by atoms with E-state index in [-0.39, 0.29) is 6.04 Å². The molecule has 86 valence electrons. The predicted octanol–water partition coefficient (Wildman–Crippen LogP) is 2.92. The summed E-state index contributed by atoms with van der Waals surface area (Å²) in [6.45, 7) is 6.57. The largest absolute Gasteiger partial charge is 0.324 e. The molecule has 0 bridgehead atoms. The highest BCUT2D eigenvalue weighted by Crippen LogP contribution is 2.38. The van der Waals surface area contributed by atoms with Crippen molar-refractivity contribution < 1.29 is 0 Å². The third kappa shape index (κ3) is 2.50. The van der Waals surface area contributed by atoms with E-state index in [1.165, 1.54) is 11.1 Å². The monoisotopic (exact) mass is 216 g/mol. The van der Waals surface area contributed by atoms with E-state index in [4.69, 9.17) is 5.73 Å². The molecule has 2 heteroatoms. The van der Waals surface area contributed by atoms with Crippen LogP contribution < -0.4 is 5.73 Å². The van der Waals surface area contributed by atoms with Gasteiger partial charge in [0.25, 0.3) is 0 Å². The maximum absolute atomic E-state index is 6.07. The Morgan fingerprint density at radius 2 is 2.12 bits per heavy atom. The van der Waals surface area contributed by atoms with Crippen LogP contribution in [0.1, 0.15) is 37.9 Å². The summed E-state index contributed by atoms with van der Waals surface area (Å²) < 4.78 is 0. The number of nitrogens with zero attached hydrogens (tertiary/aromatic N) is 1. The number of rotatable bonds is 1. The van der Waals surface area contributed by atoms with Crippen molar-refractivity contribution in [1.29, 1.82) is 0 Å². The second-order valence-corrected chi connectivity index (χ2v) is 5.59. The highest BCUT2D eigenvalue weighted by atomic mass is 14.7. The maximum Gasteiger partial charge on any atom is 0.0373 e. The summed E-state index contributed by atoms with van der Waals surface area (Å²) in [5, 5.41) is 0. The van der Waals surface area contributed by atoms with Crippen LogP contribution in [0.2, 0.25) is 0 Å². The first-order valence-electron chi connectivity index (χ1n) is 5.86. The fourth-order valence-corrected chi connectivity index (χ4v) is 2.46. The molecule has 1 atom stereocenters. The lowest BCUT2D eigenvalue weighted by atomic mass is 9.74. The van der Waals surface area contributed by atoms with Gasteiger partial charge in [-0.3, -0.25) is 4.98 Å². The third-order valence-electron chi connectivity index (χ3n) is 3.15. The van der Waals surface area contributed by atoms with Gasteiger partial charge >= 0.3 is 0 Å². The normalized spacial score (nSPS) is 24.0. The molecule has 1 heterocycles. The van der Waals surface area contributed by atoms with Gasteiger partial charge in [-0.2, -0.15) is 0 Å². The first-order chi connectivity index (χ1) is 7.46. The summed E-state index contributed by atoms with van der Waals surface area (Å²) in [4.78, 5) is 4.35. The van der Waals surface area contributed by atoms with Crippen molar-refractivity contribution in [2.45, 2.75) is 39.7 Å². The van der Waals surface area contributed by atoms with E-state index in [0.29, 0.717) is 5.41 Å². The molecule has 1 aromatic heterocycles. The molecule has 16 heavy (non-hydrogen) atoms. The van der Waals surface area contributed by atoms with Gasteiger partial charge in [-0.25, -0.2) is 0 Å². The van der Waals surface area contributed by atoms with Gasteiger partial charge in [0, 0.05) is 17.9 Å². The Morgan fingerprint density at radius 3 is 2.69 bits per heavy atom. The molecule has 0 amide bonds. The zero-order valence-corrected chi connectivity index (χ0v) is 10.3. The van der Waals surface area contributed by atoms with Gasteiger partial charge in [0.1, 0.15) is 0 Å². The Morgan fingerprint density at radius 1 is 1.38 bits per heavy atom. The predicted molar refractivity (Wildman–Crippen MR) is 67.9 cm³/mol. The molecule has 0 saturated heterocycles. The molecule has 1 aromatic rings. The van der Waals surface area contributed by atoms with Crippen molar-refractivity contribution in [3.63, 3.8) is 0 Å². The van der Waals surface area contributed by atoms with Crippen LogP contribution in [-0.2, 0) is 0 Å². The van der Waals surface area contributed by atoms with Crippen LogP contribution in [-0.4, -0.2) is 11.0 Å². The van der Waals surface area contributed by atoms with Gasteiger partial charge in [0.05, 0.1) is 0 Å². The first kappa shape index (κ1) is 11.3. The Labute approximate surface area is 97.6 Å². The quantitative estimate of drug-likeness (QED) is 0.784. The highest BCUT2D eigenvalue weighted by molar-refractivity contribution is 5.67. The minimum absolute atomic E-state index is 0.181. The molecule has 2 N–H and O–H groups in total. The number of allylic oxidation sites excluding steroid dienone is 1. The SMILES string of the molecule is Cc1ccc(C2=CC(N)CC(C)(C)C2)cn1. The van der Waals surface area contributed by atoms with Crippen LogP contribution in [0.15, 0.2) is 24.4 Å². The van der Waals surface area contributed by atoms with Gasteiger partial charge < -0.3 is 5.73 Å². The van der Waals surface area contributed by atoms with Gasteiger partial charge in [-0.15, -0.1) is 0 Å². The lowest BCUT2D eigenvalue weighted by molar-refractivity contribution is 0.318. The van der Waals surface area contributed by atoms with E-state index < -0.39 is 0 Å². The smallest absolute Gasteiger partial charge is 0.0373 e. The third-order valence-corrected chi connectivity index (χ3v) is 3.15. The second kappa shape index (κ2) is 4.02. The zero-order valence-electron chi connectivity index (χ0n) is 10.3. The molecule has 0 aromatic carbocycles. The van der Waals surface area contributed by atoms with Crippen LogP contribution >= 0.6 is 0 Å². The molecular formula is C14H20N2. The van der Waals surface area contributed by atoms with E-state index in [1.54, 1.807) is 0 Å². The highest BCUT2D eigenvalue weighted by Gasteiger charge is 2.27. The van der Waals surface area contributed by atoms with Gasteiger partial charge in [-0.1, -0.05) is 26.0 Å². The Kier molecular flexibility index (Phi) is 2.85. The number of pyridine rings is 1. The Balaban J connectivity index is 2.30. The van der Waals surface area contributed by atoms with Crippen molar-refractivity contribution in [2.24, 2.45) is 11.1 Å². The summed E-state index contributed by atoms with van der Waals surface area (Å²) >= 11 is 0. The van der Waals surface area contributed by atoms with Crippen LogP contribution in [0.3, 0.4) is 0 Å². The lowest BCUT2D eigenvalue weighted by Gasteiger charge is -2.33. The van der Waals surface area contributed by atoms with E-state index >= 15 is 0 Å². The number of aromatic nitrogens is 1. The van der Waals surface area contributed by atoms with Crippen molar-refractivity contribution in [1.82, 2.24) is 4.98 Å². The number of aryl methyl sites for hydroxylation is 1. The number of hydrogen-bond donors (Lipinski definition) is 1. The van der Waals surface area contributed by atoms with E-state index in [1.807, 2.05) is 13.1 Å². The van der Waals surface area contributed by atoms with Crippen molar-refractivity contribution in [3.05, 3.63) is 35.7 Å². The number of nitrogens with two attached hydrogens (primary N) is 1. The zero-order chi connectivity index (χ0) is 11.8. The summed E-state index contributed by atoms with van der Waals surface area (Å²) in [5.74, 6) is 0. The van der Waals surface area contributed by atoms with Gasteiger partial charge in [0.15, 0.2) is 0 Å². The van der Waals surface area contributed by atoms with Crippen LogP contribution in [0.4, 0.5) is 0 Å². The molecule has 1 aliphatic rings. The molecule has 2 rings (SSSR count). The molecule has 0 spiro atoms. The van der Waals surface area contributed by atoms with E-state index in [9.17, 15) is 0 Å². The molecule has 0 saturated carbocycles. The van der Waals surface area contributed by atoms with E-state index in [2.05, 4.69) is 37.0 Å². The van der Waals surface area contributed by atoms with Crippen molar-refractivity contribution in [3.8, 4) is 0 Å². The topological polar surface area (TPSA) is 38.9 Å². The fourth-order valence-electron chi connectivity index (χ4n) is 2.46. The summed E-state index contributed by atoms with van der Waals surface area (Å²) in [7, 11) is 0. The molecule has 1 aliphatic carbocycles. The van der Waals surface area contributed by atoms with Crippen LogP contribution in [0.25, 0.3) is 5.57 Å². The molecule has 2 nitrogen and oxygen atoms in total. The van der Waals surface area contributed by atoms with Gasteiger partial charge in [0.2, 0.25) is 0 Å². The first-order valence-corrected chi connectivity index (χ1v) is 5.86. The average molecular weight is 216 g/mol. The Hall–Kier alpha value is -1.15. The van der Waals surface area contributed by atoms with Crippen LogP contribution in [0.5, 0.6) is 0 Å². The van der Waals surface area contributed by atoms with Crippen molar-refractivity contribution >= 4 is 5.57 Å². The molecular weight excluding hydrogens is 196 g/mol. The number of hydrogen-bond acceptors (Lipinski definition) is 2. The second-order valence-electron chi connectivity index (χ2n) is 5.59. The summed E-state index contributed by atoms with van der Waals surface area (Å²) in [6.07, 6.45) is 6.30. The molecule has 0 aliphatic heterocycles. The van der Waals surface area contributed by atoms with Crippen molar-refractivity contribution in [2.75, 3.05) is 0 Å². The minimum atomic E-state index is 0.181. The van der Waals surface area contributed by atoms with Crippen LogP contribution in [0, 0.1) is 12.3 Å². The standard InChI is InChI=1S/C14H20N2/c1-10-4-5-11(9-16-10)12-6-13(15)8-14(2,3)7-12/h4-6,9,13H,7-8,15H2,1-3H3. The van der Waals surface area contributed by atoms with E-state index in [0.717, 1.165) is 18.5 Å². The summed E-state index contributed by atoms with van der Waals surface area (Å²) in [6, 6.07) is 4.38. The lowest BCUT2D eigenvalue weighted by Crippen LogP contribution is -2.30. The van der Waals surface area contributed by atoms with Gasteiger partial charge in [-0.05, 0) is 42.4 Å². The average Bonchev–Trinajstić information content (AvgIpc) is 2.15. The minimum Gasteiger partial charge on any atom is -0.324 e. The molecule has 1 unspecified atom stereocenters. The summed E-state index contributed by atoms with van der Waals surface area (Å²) in [5.41, 5.74) is 9.99.